The number of nitrogens with zero attached hydrogens (tertiary/aromatic N) is 7. The molecule has 0 amide bonds. The molecule has 58 valence electrons. The highest BCUT2D eigenvalue weighted by atomic mass is 15.5. The third kappa shape index (κ3) is 0.850. The van der Waals surface area contributed by atoms with Crippen LogP contribution in [-0.4, -0.2) is 19.6 Å². The molecule has 0 aliphatic carbocycles. The van der Waals surface area contributed by atoms with Gasteiger partial charge in [-0.15, -0.1) is 10.2 Å². The van der Waals surface area contributed by atoms with E-state index in [9.17, 15) is 0 Å². The zero-order valence-electron chi connectivity index (χ0n) is 5.86. The van der Waals surface area contributed by atoms with Crippen LogP contribution in [0.1, 0.15) is 0 Å². The van der Waals surface area contributed by atoms with E-state index in [1.165, 1.54) is 17.3 Å². The molecule has 0 radical (unpaired) electrons. The van der Waals surface area contributed by atoms with Crippen molar-refractivity contribution in [3.63, 3.8) is 0 Å². The Morgan fingerprint density at radius 2 is 2.42 bits per heavy atom. The van der Waals surface area contributed by atoms with Crippen molar-refractivity contribution in [3.05, 3.63) is 29.3 Å². The average Bonchev–Trinajstić information content (AvgIpc) is 2.53. The molecule has 0 aromatic rings. The summed E-state index contributed by atoms with van der Waals surface area (Å²) in [5.74, 6) is 0.503. The van der Waals surface area contributed by atoms with E-state index in [1.54, 1.807) is 6.20 Å². The monoisotopic (exact) mass is 161 g/mol. The van der Waals surface area contributed by atoms with Gasteiger partial charge >= 0.3 is 0 Å². The maximum atomic E-state index is 8.18. The zero-order valence-corrected chi connectivity index (χ0v) is 5.86. The lowest BCUT2D eigenvalue weighted by Gasteiger charge is -1.94. The van der Waals surface area contributed by atoms with Gasteiger partial charge in [-0.05, 0) is 5.22 Å². The Bertz CT molecular complexity index is 412. The molecule has 0 bridgehead atoms. The van der Waals surface area contributed by atoms with Crippen LogP contribution in [0.25, 0.3) is 22.0 Å². The molecule has 2 aliphatic rings. The van der Waals surface area contributed by atoms with Crippen molar-refractivity contribution < 1.29 is 0 Å². The Balaban J connectivity index is 2.70. The van der Waals surface area contributed by atoms with Gasteiger partial charge in [0.25, 0.3) is 5.82 Å². The van der Waals surface area contributed by atoms with Crippen LogP contribution in [0.15, 0.2) is 24.1 Å². The molecule has 0 aromatic heterocycles. The van der Waals surface area contributed by atoms with Crippen LogP contribution in [-0.2, 0) is 0 Å². The van der Waals surface area contributed by atoms with Crippen molar-refractivity contribution in [1.29, 1.82) is 0 Å². The summed E-state index contributed by atoms with van der Waals surface area (Å²) in [4.78, 5) is 14.2. The van der Waals surface area contributed by atoms with Gasteiger partial charge in [-0.25, -0.2) is 9.97 Å². The standard InChI is InChI=1S/C5H3N7/c6-10-11-12-3-7-1-4-5(12)9-2-8-4/h1-3H. The van der Waals surface area contributed by atoms with Crippen LogP contribution in [0, 0.1) is 0 Å². The molecule has 0 fully saturated rings. The highest BCUT2D eigenvalue weighted by molar-refractivity contribution is 5.48. The number of aromatic nitrogens is 4. The number of fused-ring (bicyclic) bond motifs is 1. The molecule has 0 unspecified atom stereocenters. The van der Waals surface area contributed by atoms with E-state index < -0.39 is 0 Å². The second-order valence-electron chi connectivity index (χ2n) is 2.00. The molecule has 0 atom stereocenters. The van der Waals surface area contributed by atoms with Gasteiger partial charge in [0.1, 0.15) is 6.33 Å². The molecule has 7 nitrogen and oxygen atoms in total. The van der Waals surface area contributed by atoms with E-state index in [4.69, 9.17) is 5.53 Å². The van der Waals surface area contributed by atoms with E-state index in [1.807, 2.05) is 0 Å². The second kappa shape index (κ2) is 2.48. The van der Waals surface area contributed by atoms with Gasteiger partial charge in [0.2, 0.25) is 0 Å². The van der Waals surface area contributed by atoms with E-state index in [-0.39, 0.29) is 0 Å². The van der Waals surface area contributed by atoms with Crippen molar-refractivity contribution in [3.8, 4) is 11.5 Å². The Hall–Kier alpha value is -2.14. The topological polar surface area (TPSA) is 92.4 Å². The number of rotatable bonds is 1. The molecule has 0 saturated heterocycles. The highest BCUT2D eigenvalue weighted by Gasteiger charge is 2.12. The Labute approximate surface area is 66.6 Å². The maximum Gasteiger partial charge on any atom is 0.259 e. The summed E-state index contributed by atoms with van der Waals surface area (Å²) in [6.07, 6.45) is 4.30. The minimum absolute atomic E-state index is 0.503. The Morgan fingerprint density at radius 1 is 1.50 bits per heavy atom. The average molecular weight is 161 g/mol. The minimum Gasteiger partial charge on any atom is -0.229 e. The molecule has 2 heterocycles. The molecule has 0 saturated carbocycles. The molecular formula is C5H3N7. The van der Waals surface area contributed by atoms with Gasteiger partial charge in [0.05, 0.1) is 6.20 Å². The fourth-order valence-corrected chi connectivity index (χ4v) is 0.868. The van der Waals surface area contributed by atoms with E-state index >= 15 is 0 Å². The lowest BCUT2D eigenvalue weighted by Crippen LogP contribution is -1.96. The molecule has 2 aliphatic heterocycles. The predicted molar refractivity (Wildman–Crippen MR) is 39.0 cm³/mol. The van der Waals surface area contributed by atoms with Crippen molar-refractivity contribution >= 4 is 0 Å². The number of hydrogen-bond acceptors (Lipinski definition) is 4. The first-order valence-corrected chi connectivity index (χ1v) is 3.10. The third-order valence-electron chi connectivity index (χ3n) is 1.33. The first-order valence-electron chi connectivity index (χ1n) is 3.10. The van der Waals surface area contributed by atoms with Crippen molar-refractivity contribution in [2.45, 2.75) is 0 Å². The van der Waals surface area contributed by atoms with Crippen LogP contribution < -0.4 is 0 Å². The summed E-state index contributed by atoms with van der Waals surface area (Å²) >= 11 is 0. The molecule has 12 heavy (non-hydrogen) atoms. The number of hydrogen-bond donors (Lipinski definition) is 0. The summed E-state index contributed by atoms with van der Waals surface area (Å²) in [6, 6.07) is 0. The summed E-state index contributed by atoms with van der Waals surface area (Å²) in [6.45, 7) is 0. The predicted octanol–water partition coefficient (Wildman–Crippen LogP) is 0.851. The van der Waals surface area contributed by atoms with E-state index in [2.05, 4.69) is 25.1 Å². The van der Waals surface area contributed by atoms with Gasteiger partial charge in [-0.2, -0.15) is 9.90 Å². The van der Waals surface area contributed by atoms with Crippen molar-refractivity contribution in [2.24, 2.45) is 5.22 Å². The SMILES string of the molecule is [N-]=[N+]=Nn1cncc2ncnc1-2. The smallest absolute Gasteiger partial charge is 0.229 e. The van der Waals surface area contributed by atoms with Gasteiger partial charge in [-0.3, -0.25) is 0 Å². The normalized spacial score (nSPS) is 9.67. The second-order valence-corrected chi connectivity index (χ2v) is 2.00. The fourth-order valence-electron chi connectivity index (χ4n) is 0.868. The molecule has 7 heteroatoms. The summed E-state index contributed by atoms with van der Waals surface area (Å²) in [7, 11) is 0. The molecule has 2 rings (SSSR count). The first kappa shape index (κ1) is 6.56. The fraction of sp³-hybridized carbons (Fsp3) is 0. The lowest BCUT2D eigenvalue weighted by atomic mass is 10.4. The van der Waals surface area contributed by atoms with E-state index in [0.29, 0.717) is 11.5 Å². The van der Waals surface area contributed by atoms with Crippen molar-refractivity contribution in [2.75, 3.05) is 0 Å². The van der Waals surface area contributed by atoms with Gasteiger partial charge in [0, 0.05) is 0 Å². The van der Waals surface area contributed by atoms with Crippen LogP contribution in [0.2, 0.25) is 0 Å². The largest absolute Gasteiger partial charge is 0.259 e. The summed E-state index contributed by atoms with van der Waals surface area (Å²) < 4.78 is 1.22. The van der Waals surface area contributed by atoms with Gasteiger partial charge < -0.3 is 0 Å². The van der Waals surface area contributed by atoms with Crippen molar-refractivity contribution in [1.82, 2.24) is 19.6 Å². The van der Waals surface area contributed by atoms with Crippen LogP contribution in [0.3, 0.4) is 0 Å². The number of imidazole rings is 1. The highest BCUT2D eigenvalue weighted by Crippen LogP contribution is 2.13. The molecule has 0 spiro atoms. The van der Waals surface area contributed by atoms with Gasteiger partial charge in [-0.1, -0.05) is 0 Å². The minimum atomic E-state index is 0.503. The summed E-state index contributed by atoms with van der Waals surface area (Å²) in [5.41, 5.74) is 8.78. The maximum absolute atomic E-state index is 8.18. The van der Waals surface area contributed by atoms with Crippen LogP contribution >= 0.6 is 0 Å². The zero-order chi connectivity index (χ0) is 8.39. The Kier molecular flexibility index (Phi) is 1.36. The third-order valence-corrected chi connectivity index (χ3v) is 1.33. The molecular weight excluding hydrogens is 158 g/mol. The van der Waals surface area contributed by atoms with Crippen LogP contribution in [0.5, 0.6) is 0 Å². The van der Waals surface area contributed by atoms with Crippen LogP contribution in [0.4, 0.5) is 0 Å². The lowest BCUT2D eigenvalue weighted by molar-refractivity contribution is 0.810. The molecule has 0 N–H and O–H groups in total. The van der Waals surface area contributed by atoms with E-state index in [0.717, 1.165) is 0 Å². The first-order chi connectivity index (χ1) is 5.92. The Morgan fingerprint density at radius 3 is 3.25 bits per heavy atom. The quantitative estimate of drug-likeness (QED) is 0.352. The summed E-state index contributed by atoms with van der Waals surface area (Å²) in [5, 5.41) is 3.34. The number of azide groups is 1. The van der Waals surface area contributed by atoms with Gasteiger partial charge in [0.15, 0.2) is 12.0 Å². The molecule has 0 aromatic carbocycles.